The third-order valence-corrected chi connectivity index (χ3v) is 3.03. The van der Waals surface area contributed by atoms with Crippen molar-refractivity contribution in [1.29, 1.82) is 0 Å². The molecule has 1 aromatic rings. The maximum absolute atomic E-state index is 11.8. The van der Waals surface area contributed by atoms with Crippen LogP contribution in [0, 0.1) is 12.8 Å². The van der Waals surface area contributed by atoms with Gasteiger partial charge in [-0.3, -0.25) is 4.79 Å². The molecular formula is C15H22N2O3. The van der Waals surface area contributed by atoms with Crippen LogP contribution in [0.3, 0.4) is 0 Å². The number of rotatable bonds is 6. The monoisotopic (exact) mass is 278 g/mol. The summed E-state index contributed by atoms with van der Waals surface area (Å²) < 4.78 is 4.80. The SMILES string of the molecule is COC(=O)C(CC(C)C)Nc1ccc(C(N)=O)c(C)c1. The van der Waals surface area contributed by atoms with Crippen molar-refractivity contribution in [2.24, 2.45) is 11.7 Å². The molecule has 0 aliphatic carbocycles. The molecule has 3 N–H and O–H groups in total. The second kappa shape index (κ2) is 6.93. The Bertz CT molecular complexity index is 498. The molecule has 0 spiro atoms. The molecule has 1 atom stereocenters. The number of ether oxygens (including phenoxy) is 1. The summed E-state index contributed by atoms with van der Waals surface area (Å²) in [5, 5.41) is 3.14. The largest absolute Gasteiger partial charge is 0.467 e. The van der Waals surface area contributed by atoms with E-state index >= 15 is 0 Å². The third-order valence-electron chi connectivity index (χ3n) is 3.03. The first-order valence-corrected chi connectivity index (χ1v) is 6.60. The first-order chi connectivity index (χ1) is 9.35. The summed E-state index contributed by atoms with van der Waals surface area (Å²) in [7, 11) is 1.37. The molecule has 5 heteroatoms. The predicted molar refractivity (Wildman–Crippen MR) is 78.6 cm³/mol. The second-order valence-electron chi connectivity index (χ2n) is 5.24. The predicted octanol–water partition coefficient (Wildman–Crippen LogP) is 2.09. The van der Waals surface area contributed by atoms with Crippen LogP contribution < -0.4 is 11.1 Å². The zero-order chi connectivity index (χ0) is 15.3. The zero-order valence-corrected chi connectivity index (χ0v) is 12.4. The number of hydrogen-bond acceptors (Lipinski definition) is 4. The van der Waals surface area contributed by atoms with Gasteiger partial charge >= 0.3 is 5.97 Å². The Hall–Kier alpha value is -2.04. The third kappa shape index (κ3) is 4.26. The molecule has 0 fully saturated rings. The highest BCUT2D eigenvalue weighted by Gasteiger charge is 2.20. The zero-order valence-electron chi connectivity index (χ0n) is 12.4. The fourth-order valence-electron chi connectivity index (χ4n) is 2.06. The lowest BCUT2D eigenvalue weighted by atomic mass is 10.0. The molecule has 0 heterocycles. The molecule has 1 amide bonds. The van der Waals surface area contributed by atoms with Crippen LogP contribution in [0.15, 0.2) is 18.2 Å². The van der Waals surface area contributed by atoms with Gasteiger partial charge in [0.1, 0.15) is 6.04 Å². The number of primary amides is 1. The molecule has 20 heavy (non-hydrogen) atoms. The van der Waals surface area contributed by atoms with Crippen molar-refractivity contribution in [2.45, 2.75) is 33.2 Å². The lowest BCUT2D eigenvalue weighted by Crippen LogP contribution is -2.32. The average molecular weight is 278 g/mol. The Kier molecular flexibility index (Phi) is 5.55. The molecule has 1 rings (SSSR count). The summed E-state index contributed by atoms with van der Waals surface area (Å²) in [6, 6.07) is 4.79. The lowest BCUT2D eigenvalue weighted by molar-refractivity contribution is -0.141. The van der Waals surface area contributed by atoms with Gasteiger partial charge in [-0.2, -0.15) is 0 Å². The molecule has 5 nitrogen and oxygen atoms in total. The van der Waals surface area contributed by atoms with Crippen molar-refractivity contribution >= 4 is 17.6 Å². The number of carbonyl (C=O) groups is 2. The fourth-order valence-corrected chi connectivity index (χ4v) is 2.06. The highest BCUT2D eigenvalue weighted by Crippen LogP contribution is 2.18. The molecule has 0 radical (unpaired) electrons. The van der Waals surface area contributed by atoms with E-state index in [1.807, 2.05) is 13.8 Å². The van der Waals surface area contributed by atoms with Gasteiger partial charge < -0.3 is 15.8 Å². The summed E-state index contributed by atoms with van der Waals surface area (Å²) in [5.74, 6) is -0.395. The number of benzene rings is 1. The van der Waals surface area contributed by atoms with Crippen LogP contribution in [-0.4, -0.2) is 25.0 Å². The highest BCUT2D eigenvalue weighted by molar-refractivity contribution is 5.94. The van der Waals surface area contributed by atoms with E-state index in [0.29, 0.717) is 17.9 Å². The van der Waals surface area contributed by atoms with E-state index in [0.717, 1.165) is 11.3 Å². The molecule has 1 aromatic carbocycles. The van der Waals surface area contributed by atoms with Crippen molar-refractivity contribution in [3.8, 4) is 0 Å². The number of nitrogens with one attached hydrogen (secondary N) is 1. The topological polar surface area (TPSA) is 81.4 Å². The van der Waals surface area contributed by atoms with E-state index in [-0.39, 0.29) is 5.97 Å². The highest BCUT2D eigenvalue weighted by atomic mass is 16.5. The maximum Gasteiger partial charge on any atom is 0.328 e. The van der Waals surface area contributed by atoms with Crippen molar-refractivity contribution < 1.29 is 14.3 Å². The van der Waals surface area contributed by atoms with E-state index in [4.69, 9.17) is 10.5 Å². The molecule has 1 unspecified atom stereocenters. The Labute approximate surface area is 119 Å². The Morgan fingerprint density at radius 3 is 2.45 bits per heavy atom. The van der Waals surface area contributed by atoms with Gasteiger partial charge in [0.25, 0.3) is 0 Å². The fraction of sp³-hybridized carbons (Fsp3) is 0.467. The molecule has 0 bridgehead atoms. The van der Waals surface area contributed by atoms with E-state index in [9.17, 15) is 9.59 Å². The number of anilines is 1. The Balaban J connectivity index is 2.91. The van der Waals surface area contributed by atoms with Crippen molar-refractivity contribution in [3.05, 3.63) is 29.3 Å². The molecule has 0 aromatic heterocycles. The second-order valence-corrected chi connectivity index (χ2v) is 5.24. The Morgan fingerprint density at radius 1 is 1.35 bits per heavy atom. The summed E-state index contributed by atoms with van der Waals surface area (Å²) >= 11 is 0. The quantitative estimate of drug-likeness (QED) is 0.781. The number of aryl methyl sites for hydroxylation is 1. The number of hydrogen-bond donors (Lipinski definition) is 2. The van der Waals surface area contributed by atoms with Crippen LogP contribution in [0.2, 0.25) is 0 Å². The first-order valence-electron chi connectivity index (χ1n) is 6.60. The van der Waals surface area contributed by atoms with Gasteiger partial charge in [-0.15, -0.1) is 0 Å². The van der Waals surface area contributed by atoms with E-state index in [1.165, 1.54) is 7.11 Å². The van der Waals surface area contributed by atoms with Crippen molar-refractivity contribution in [3.63, 3.8) is 0 Å². The molecular weight excluding hydrogens is 256 g/mol. The van der Waals surface area contributed by atoms with Gasteiger partial charge in [-0.25, -0.2) is 4.79 Å². The van der Waals surface area contributed by atoms with Gasteiger partial charge in [-0.1, -0.05) is 13.8 Å². The lowest BCUT2D eigenvalue weighted by Gasteiger charge is -2.20. The minimum atomic E-state index is -0.458. The summed E-state index contributed by atoms with van der Waals surface area (Å²) in [4.78, 5) is 22.9. The normalized spacial score (nSPS) is 12.1. The standard InChI is InChI=1S/C15H22N2O3/c1-9(2)7-13(15(19)20-4)17-11-5-6-12(14(16)18)10(3)8-11/h5-6,8-9,13,17H,7H2,1-4H3,(H2,16,18). The van der Waals surface area contributed by atoms with Gasteiger partial charge in [0.15, 0.2) is 0 Å². The Morgan fingerprint density at radius 2 is 2.00 bits per heavy atom. The molecule has 110 valence electrons. The molecule has 0 aliphatic heterocycles. The van der Waals surface area contributed by atoms with E-state index in [1.54, 1.807) is 25.1 Å². The minimum absolute atomic E-state index is 0.296. The number of esters is 1. The van der Waals surface area contributed by atoms with Crippen LogP contribution in [0.25, 0.3) is 0 Å². The summed E-state index contributed by atoms with van der Waals surface area (Å²) in [6.45, 7) is 5.89. The maximum atomic E-state index is 11.8. The smallest absolute Gasteiger partial charge is 0.328 e. The molecule has 0 saturated heterocycles. The van der Waals surface area contributed by atoms with Crippen molar-refractivity contribution in [2.75, 3.05) is 12.4 Å². The van der Waals surface area contributed by atoms with Crippen LogP contribution >= 0.6 is 0 Å². The number of carbonyl (C=O) groups excluding carboxylic acids is 2. The molecule has 0 aliphatic rings. The summed E-state index contributed by atoms with van der Waals surface area (Å²) in [5.41, 5.74) is 7.29. The van der Waals surface area contributed by atoms with Crippen LogP contribution in [0.4, 0.5) is 5.69 Å². The minimum Gasteiger partial charge on any atom is -0.467 e. The van der Waals surface area contributed by atoms with Gasteiger partial charge in [0.05, 0.1) is 7.11 Å². The average Bonchev–Trinajstić information content (AvgIpc) is 2.36. The van der Waals surface area contributed by atoms with Crippen LogP contribution in [-0.2, 0) is 9.53 Å². The number of methoxy groups -OCH3 is 1. The molecule has 0 saturated carbocycles. The number of nitrogens with two attached hydrogens (primary N) is 1. The van der Waals surface area contributed by atoms with Gasteiger partial charge in [0.2, 0.25) is 5.91 Å². The number of amides is 1. The van der Waals surface area contributed by atoms with Gasteiger partial charge in [0, 0.05) is 11.3 Å². The first kappa shape index (κ1) is 16.0. The van der Waals surface area contributed by atoms with Crippen LogP contribution in [0.1, 0.15) is 36.2 Å². The van der Waals surface area contributed by atoms with E-state index < -0.39 is 11.9 Å². The summed E-state index contributed by atoms with van der Waals surface area (Å²) in [6.07, 6.45) is 0.670. The van der Waals surface area contributed by atoms with Gasteiger partial charge in [-0.05, 0) is 43.0 Å². The van der Waals surface area contributed by atoms with E-state index in [2.05, 4.69) is 5.32 Å². The van der Waals surface area contributed by atoms with Crippen molar-refractivity contribution in [1.82, 2.24) is 0 Å². The van der Waals surface area contributed by atoms with Crippen LogP contribution in [0.5, 0.6) is 0 Å².